The average Bonchev–Trinajstić information content (AvgIpc) is 2.72. The van der Waals surface area contributed by atoms with Gasteiger partial charge in [0.2, 0.25) is 0 Å². The lowest BCUT2D eigenvalue weighted by molar-refractivity contribution is 0.392. The van der Waals surface area contributed by atoms with E-state index >= 15 is 0 Å². The molecule has 3 nitrogen and oxygen atoms in total. The molecule has 0 bridgehead atoms. The molecule has 110 valence electrons. The van der Waals surface area contributed by atoms with Gasteiger partial charge in [0, 0.05) is 18.8 Å². The molecule has 0 saturated carbocycles. The Morgan fingerprint density at radius 1 is 1.14 bits per heavy atom. The Bertz CT molecular complexity index is 579. The molecular formula is C18H23N3. The molecule has 1 saturated heterocycles. The molecule has 2 aromatic rings. The van der Waals surface area contributed by atoms with Crippen molar-refractivity contribution < 1.29 is 0 Å². The summed E-state index contributed by atoms with van der Waals surface area (Å²) in [4.78, 5) is 6.89. The number of hydrogen-bond donors (Lipinski definition) is 1. The molecular weight excluding hydrogens is 258 g/mol. The van der Waals surface area contributed by atoms with Gasteiger partial charge in [-0.3, -0.25) is 4.98 Å². The summed E-state index contributed by atoms with van der Waals surface area (Å²) in [6, 6.07) is 15.0. The third-order valence-electron chi connectivity index (χ3n) is 4.30. The van der Waals surface area contributed by atoms with Crippen LogP contribution in [0.25, 0.3) is 0 Å². The number of benzene rings is 1. The van der Waals surface area contributed by atoms with Crippen LogP contribution in [0.1, 0.15) is 24.6 Å². The summed E-state index contributed by atoms with van der Waals surface area (Å²) in [7, 11) is 0. The van der Waals surface area contributed by atoms with Gasteiger partial charge in [0.1, 0.15) is 0 Å². The number of nitrogens with one attached hydrogen (secondary N) is 1. The van der Waals surface area contributed by atoms with E-state index in [1.54, 1.807) is 0 Å². The van der Waals surface area contributed by atoms with Crippen molar-refractivity contribution in [3.8, 4) is 0 Å². The van der Waals surface area contributed by atoms with Gasteiger partial charge in [0.05, 0.1) is 17.4 Å². The monoisotopic (exact) mass is 281 g/mol. The molecule has 1 N–H and O–H groups in total. The molecule has 1 aliphatic heterocycles. The van der Waals surface area contributed by atoms with E-state index in [0.717, 1.165) is 31.7 Å². The van der Waals surface area contributed by atoms with Gasteiger partial charge < -0.3 is 10.2 Å². The predicted molar refractivity (Wildman–Crippen MR) is 87.6 cm³/mol. The second-order valence-corrected chi connectivity index (χ2v) is 6.06. The number of nitrogens with zero attached hydrogens (tertiary/aromatic N) is 2. The molecule has 0 radical (unpaired) electrons. The molecule has 2 heterocycles. The standard InChI is InChI=1S/C18H23N3/c1-15-9-10-17(13-19-15)21-12-6-11-20-18(2,14-21)16-7-4-3-5-8-16/h3-5,7-10,13,20H,6,11-12,14H2,1-2H3. The molecule has 3 rings (SSSR count). The molecule has 1 fully saturated rings. The van der Waals surface area contributed by atoms with E-state index in [1.807, 2.05) is 13.1 Å². The maximum absolute atomic E-state index is 4.44. The first-order chi connectivity index (χ1) is 10.2. The van der Waals surface area contributed by atoms with Gasteiger partial charge in [0.25, 0.3) is 0 Å². The van der Waals surface area contributed by atoms with Crippen molar-refractivity contribution in [1.29, 1.82) is 0 Å². The van der Waals surface area contributed by atoms with Crippen molar-refractivity contribution in [1.82, 2.24) is 10.3 Å². The topological polar surface area (TPSA) is 28.2 Å². The van der Waals surface area contributed by atoms with E-state index in [0.29, 0.717) is 0 Å². The number of aromatic nitrogens is 1. The highest BCUT2D eigenvalue weighted by Crippen LogP contribution is 2.27. The molecule has 1 unspecified atom stereocenters. The molecule has 0 spiro atoms. The second kappa shape index (κ2) is 5.86. The zero-order valence-electron chi connectivity index (χ0n) is 12.8. The number of hydrogen-bond acceptors (Lipinski definition) is 3. The molecule has 21 heavy (non-hydrogen) atoms. The number of rotatable bonds is 2. The quantitative estimate of drug-likeness (QED) is 0.917. The Balaban J connectivity index is 1.88. The van der Waals surface area contributed by atoms with Crippen LogP contribution in [0.3, 0.4) is 0 Å². The molecule has 1 aromatic heterocycles. The van der Waals surface area contributed by atoms with Crippen LogP contribution in [-0.4, -0.2) is 24.6 Å². The second-order valence-electron chi connectivity index (χ2n) is 6.06. The Kier molecular flexibility index (Phi) is 3.93. The Hall–Kier alpha value is -1.87. The molecule has 0 aliphatic carbocycles. The minimum atomic E-state index is -0.0252. The number of pyridine rings is 1. The summed E-state index contributed by atoms with van der Waals surface area (Å²) in [5, 5.41) is 3.72. The fourth-order valence-corrected chi connectivity index (χ4v) is 3.02. The van der Waals surface area contributed by atoms with Crippen LogP contribution in [-0.2, 0) is 5.54 Å². The first kappa shape index (κ1) is 14.1. The number of anilines is 1. The van der Waals surface area contributed by atoms with E-state index in [1.165, 1.54) is 11.3 Å². The van der Waals surface area contributed by atoms with Gasteiger partial charge in [-0.1, -0.05) is 30.3 Å². The van der Waals surface area contributed by atoms with E-state index in [9.17, 15) is 0 Å². The largest absolute Gasteiger partial charge is 0.368 e. The summed E-state index contributed by atoms with van der Waals surface area (Å²) >= 11 is 0. The zero-order chi connectivity index (χ0) is 14.7. The van der Waals surface area contributed by atoms with Crippen molar-refractivity contribution in [3.05, 3.63) is 59.9 Å². The third kappa shape index (κ3) is 3.08. The van der Waals surface area contributed by atoms with Crippen molar-refractivity contribution in [2.75, 3.05) is 24.5 Å². The van der Waals surface area contributed by atoms with Crippen LogP contribution in [0.5, 0.6) is 0 Å². The van der Waals surface area contributed by atoms with Crippen LogP contribution < -0.4 is 10.2 Å². The van der Waals surface area contributed by atoms with Gasteiger partial charge >= 0.3 is 0 Å². The van der Waals surface area contributed by atoms with E-state index in [2.05, 4.69) is 64.6 Å². The lowest BCUT2D eigenvalue weighted by Crippen LogP contribution is -2.46. The van der Waals surface area contributed by atoms with Gasteiger partial charge in [0.15, 0.2) is 0 Å². The number of aryl methyl sites for hydroxylation is 1. The highest BCUT2D eigenvalue weighted by molar-refractivity contribution is 5.46. The van der Waals surface area contributed by atoms with Crippen LogP contribution in [0.15, 0.2) is 48.7 Å². The third-order valence-corrected chi connectivity index (χ3v) is 4.30. The first-order valence-corrected chi connectivity index (χ1v) is 7.66. The minimum absolute atomic E-state index is 0.0252. The molecule has 1 aromatic carbocycles. The lowest BCUT2D eigenvalue weighted by atomic mass is 9.91. The first-order valence-electron chi connectivity index (χ1n) is 7.66. The van der Waals surface area contributed by atoms with Crippen molar-refractivity contribution in [3.63, 3.8) is 0 Å². The normalized spacial score (nSPS) is 22.9. The van der Waals surface area contributed by atoms with Gasteiger partial charge in [-0.25, -0.2) is 0 Å². The van der Waals surface area contributed by atoms with Crippen LogP contribution in [0.4, 0.5) is 5.69 Å². The van der Waals surface area contributed by atoms with Gasteiger partial charge in [-0.05, 0) is 44.5 Å². The summed E-state index contributed by atoms with van der Waals surface area (Å²) in [5.41, 5.74) is 3.60. The van der Waals surface area contributed by atoms with E-state index in [-0.39, 0.29) is 5.54 Å². The molecule has 1 aliphatic rings. The highest BCUT2D eigenvalue weighted by atomic mass is 15.2. The fraction of sp³-hybridized carbons (Fsp3) is 0.389. The highest BCUT2D eigenvalue weighted by Gasteiger charge is 2.30. The van der Waals surface area contributed by atoms with Crippen molar-refractivity contribution in [2.45, 2.75) is 25.8 Å². The Labute approximate surface area is 127 Å². The maximum Gasteiger partial charge on any atom is 0.0583 e. The Morgan fingerprint density at radius 3 is 2.67 bits per heavy atom. The molecule has 3 heteroatoms. The summed E-state index contributed by atoms with van der Waals surface area (Å²) in [6.45, 7) is 7.40. The minimum Gasteiger partial charge on any atom is -0.368 e. The van der Waals surface area contributed by atoms with Crippen LogP contribution in [0.2, 0.25) is 0 Å². The van der Waals surface area contributed by atoms with Gasteiger partial charge in [-0.2, -0.15) is 0 Å². The summed E-state index contributed by atoms with van der Waals surface area (Å²) in [6.07, 6.45) is 3.14. The van der Waals surface area contributed by atoms with E-state index in [4.69, 9.17) is 0 Å². The SMILES string of the molecule is Cc1ccc(N2CCCNC(C)(c3ccccc3)C2)cn1. The average molecular weight is 281 g/mol. The smallest absolute Gasteiger partial charge is 0.0583 e. The summed E-state index contributed by atoms with van der Waals surface area (Å²) in [5.74, 6) is 0. The van der Waals surface area contributed by atoms with Crippen LogP contribution >= 0.6 is 0 Å². The van der Waals surface area contributed by atoms with Crippen molar-refractivity contribution in [2.24, 2.45) is 0 Å². The summed E-state index contributed by atoms with van der Waals surface area (Å²) < 4.78 is 0. The predicted octanol–water partition coefficient (Wildman–Crippen LogP) is 3.11. The van der Waals surface area contributed by atoms with E-state index < -0.39 is 0 Å². The molecule has 0 amide bonds. The maximum atomic E-state index is 4.44. The fourth-order valence-electron chi connectivity index (χ4n) is 3.02. The molecule has 1 atom stereocenters. The Morgan fingerprint density at radius 2 is 1.95 bits per heavy atom. The lowest BCUT2D eigenvalue weighted by Gasteiger charge is -2.35. The van der Waals surface area contributed by atoms with Gasteiger partial charge in [-0.15, -0.1) is 0 Å². The van der Waals surface area contributed by atoms with Crippen LogP contribution in [0, 0.1) is 6.92 Å². The van der Waals surface area contributed by atoms with Crippen molar-refractivity contribution >= 4 is 5.69 Å². The zero-order valence-corrected chi connectivity index (χ0v) is 12.8.